The molecule has 3 heterocycles. The Bertz CT molecular complexity index is 1050. The van der Waals surface area contributed by atoms with Crippen molar-refractivity contribution in [2.45, 2.75) is 26.4 Å². The van der Waals surface area contributed by atoms with Gasteiger partial charge in [0.2, 0.25) is 5.91 Å². The molecule has 1 N–H and O–H groups in total. The molecule has 1 aromatic carbocycles. The standard InChI is InChI=1S/C20H18N4O3/c1-12-7-8-23-11-14(22-17(23)9-12)10-21-18(25)13(2)24-19(26)15-5-3-4-6-16(15)20(24)27/h3-9,11,13H,10H2,1-2H3,(H,21,25). The first-order chi connectivity index (χ1) is 13.0. The van der Waals surface area contributed by atoms with Crippen molar-refractivity contribution in [2.75, 3.05) is 0 Å². The van der Waals surface area contributed by atoms with Crippen LogP contribution in [0.3, 0.4) is 0 Å². The molecule has 2 aromatic heterocycles. The summed E-state index contributed by atoms with van der Waals surface area (Å²) >= 11 is 0. The van der Waals surface area contributed by atoms with Crippen molar-refractivity contribution in [1.29, 1.82) is 0 Å². The van der Waals surface area contributed by atoms with Crippen LogP contribution in [0.25, 0.3) is 5.65 Å². The summed E-state index contributed by atoms with van der Waals surface area (Å²) in [6.45, 7) is 3.75. The SMILES string of the molecule is Cc1ccn2cc(CNC(=O)C(C)N3C(=O)c4ccccc4C3=O)nc2c1. The van der Waals surface area contributed by atoms with E-state index < -0.39 is 23.8 Å². The lowest BCUT2D eigenvalue weighted by Gasteiger charge is -2.21. The molecule has 1 aliphatic rings. The molecule has 0 aliphatic carbocycles. The van der Waals surface area contributed by atoms with E-state index in [1.54, 1.807) is 31.2 Å². The van der Waals surface area contributed by atoms with E-state index in [0.29, 0.717) is 16.8 Å². The van der Waals surface area contributed by atoms with Crippen molar-refractivity contribution < 1.29 is 14.4 Å². The van der Waals surface area contributed by atoms with Gasteiger partial charge < -0.3 is 9.72 Å². The van der Waals surface area contributed by atoms with Gasteiger partial charge in [0, 0.05) is 12.4 Å². The van der Waals surface area contributed by atoms with Crippen LogP contribution in [0.15, 0.2) is 48.8 Å². The van der Waals surface area contributed by atoms with Crippen LogP contribution in [0.5, 0.6) is 0 Å². The molecule has 4 rings (SSSR count). The molecule has 0 radical (unpaired) electrons. The summed E-state index contributed by atoms with van der Waals surface area (Å²) in [6.07, 6.45) is 3.74. The minimum atomic E-state index is -0.906. The molecule has 7 heteroatoms. The molecule has 0 saturated carbocycles. The summed E-state index contributed by atoms with van der Waals surface area (Å²) in [6, 6.07) is 9.61. The summed E-state index contributed by atoms with van der Waals surface area (Å²) < 4.78 is 1.88. The van der Waals surface area contributed by atoms with Crippen molar-refractivity contribution in [2.24, 2.45) is 0 Å². The van der Waals surface area contributed by atoms with Crippen LogP contribution < -0.4 is 5.32 Å². The predicted molar refractivity (Wildman–Crippen MR) is 98.2 cm³/mol. The van der Waals surface area contributed by atoms with Gasteiger partial charge in [0.1, 0.15) is 11.7 Å². The number of imidazole rings is 1. The van der Waals surface area contributed by atoms with Gasteiger partial charge in [-0.3, -0.25) is 19.3 Å². The number of hydrogen-bond acceptors (Lipinski definition) is 4. The molecule has 0 saturated heterocycles. The maximum absolute atomic E-state index is 12.5. The number of nitrogens with one attached hydrogen (secondary N) is 1. The number of hydrogen-bond donors (Lipinski definition) is 1. The van der Waals surface area contributed by atoms with E-state index in [4.69, 9.17) is 0 Å². The van der Waals surface area contributed by atoms with Crippen LogP contribution in [0.4, 0.5) is 0 Å². The first kappa shape index (κ1) is 17.0. The highest BCUT2D eigenvalue weighted by Gasteiger charge is 2.40. The highest BCUT2D eigenvalue weighted by molar-refractivity contribution is 6.22. The van der Waals surface area contributed by atoms with Crippen LogP contribution in [-0.2, 0) is 11.3 Å². The van der Waals surface area contributed by atoms with E-state index in [1.807, 2.05) is 35.9 Å². The lowest BCUT2D eigenvalue weighted by atomic mass is 10.1. The second-order valence-corrected chi connectivity index (χ2v) is 6.62. The van der Waals surface area contributed by atoms with Crippen molar-refractivity contribution in [3.05, 3.63) is 71.2 Å². The van der Waals surface area contributed by atoms with Gasteiger partial charge in [0.25, 0.3) is 11.8 Å². The van der Waals surface area contributed by atoms with Crippen LogP contribution in [0, 0.1) is 6.92 Å². The largest absolute Gasteiger partial charge is 0.349 e. The number of amides is 3. The second kappa shape index (κ2) is 6.35. The zero-order chi connectivity index (χ0) is 19.1. The average molecular weight is 362 g/mol. The van der Waals surface area contributed by atoms with Crippen molar-refractivity contribution in [3.63, 3.8) is 0 Å². The van der Waals surface area contributed by atoms with E-state index >= 15 is 0 Å². The number of imide groups is 1. The number of pyridine rings is 1. The molecule has 136 valence electrons. The van der Waals surface area contributed by atoms with E-state index in [1.165, 1.54) is 0 Å². The van der Waals surface area contributed by atoms with Gasteiger partial charge in [0.15, 0.2) is 0 Å². The third kappa shape index (κ3) is 2.87. The molecular formula is C20H18N4O3. The van der Waals surface area contributed by atoms with Gasteiger partial charge in [-0.25, -0.2) is 4.98 Å². The van der Waals surface area contributed by atoms with Gasteiger partial charge >= 0.3 is 0 Å². The Labute approximate surface area is 155 Å². The Morgan fingerprint density at radius 2 is 1.81 bits per heavy atom. The number of fused-ring (bicyclic) bond motifs is 2. The Morgan fingerprint density at radius 3 is 2.48 bits per heavy atom. The normalized spacial score (nSPS) is 14.5. The van der Waals surface area contributed by atoms with Crippen LogP contribution >= 0.6 is 0 Å². The third-order valence-corrected chi connectivity index (χ3v) is 4.70. The molecule has 1 unspecified atom stereocenters. The number of benzene rings is 1. The summed E-state index contributed by atoms with van der Waals surface area (Å²) in [7, 11) is 0. The zero-order valence-electron chi connectivity index (χ0n) is 15.0. The molecule has 0 fully saturated rings. The Balaban J connectivity index is 1.46. The van der Waals surface area contributed by atoms with E-state index in [2.05, 4.69) is 10.3 Å². The number of rotatable bonds is 4. The first-order valence-corrected chi connectivity index (χ1v) is 8.64. The van der Waals surface area contributed by atoms with Crippen LogP contribution in [0.2, 0.25) is 0 Å². The number of carbonyl (C=O) groups excluding carboxylic acids is 3. The van der Waals surface area contributed by atoms with Gasteiger partial charge in [-0.05, 0) is 43.7 Å². The maximum atomic E-state index is 12.5. The molecule has 1 aliphatic heterocycles. The lowest BCUT2D eigenvalue weighted by molar-refractivity contribution is -0.124. The monoisotopic (exact) mass is 362 g/mol. The third-order valence-electron chi connectivity index (χ3n) is 4.70. The van der Waals surface area contributed by atoms with Gasteiger partial charge in [-0.15, -0.1) is 0 Å². The molecule has 1 atom stereocenters. The van der Waals surface area contributed by atoms with Gasteiger partial charge in [0.05, 0.1) is 23.4 Å². The quantitative estimate of drug-likeness (QED) is 0.719. The summed E-state index contributed by atoms with van der Waals surface area (Å²) in [5.74, 6) is -1.29. The topological polar surface area (TPSA) is 83.8 Å². The number of nitrogens with zero attached hydrogens (tertiary/aromatic N) is 3. The van der Waals surface area contributed by atoms with Crippen molar-refractivity contribution in [3.8, 4) is 0 Å². The molecule has 3 amide bonds. The fourth-order valence-electron chi connectivity index (χ4n) is 3.22. The number of aromatic nitrogens is 2. The first-order valence-electron chi connectivity index (χ1n) is 8.64. The smallest absolute Gasteiger partial charge is 0.262 e. The molecular weight excluding hydrogens is 344 g/mol. The van der Waals surface area contributed by atoms with Crippen LogP contribution in [-0.4, -0.2) is 38.0 Å². The molecule has 7 nitrogen and oxygen atoms in total. The summed E-state index contributed by atoms with van der Waals surface area (Å²) in [5.41, 5.74) is 3.26. The fraction of sp³-hybridized carbons (Fsp3) is 0.200. The minimum Gasteiger partial charge on any atom is -0.349 e. The second-order valence-electron chi connectivity index (χ2n) is 6.62. The maximum Gasteiger partial charge on any atom is 0.262 e. The average Bonchev–Trinajstić information content (AvgIpc) is 3.18. The van der Waals surface area contributed by atoms with Gasteiger partial charge in [-0.1, -0.05) is 12.1 Å². The minimum absolute atomic E-state index is 0.215. The van der Waals surface area contributed by atoms with E-state index in [-0.39, 0.29) is 6.54 Å². The Morgan fingerprint density at radius 1 is 1.15 bits per heavy atom. The molecule has 3 aromatic rings. The fourth-order valence-corrected chi connectivity index (χ4v) is 3.22. The number of aryl methyl sites for hydroxylation is 1. The van der Waals surface area contributed by atoms with Crippen molar-refractivity contribution in [1.82, 2.24) is 19.6 Å². The Hall–Kier alpha value is -3.48. The predicted octanol–water partition coefficient (Wildman–Crippen LogP) is 1.94. The molecule has 0 spiro atoms. The molecule has 0 bridgehead atoms. The van der Waals surface area contributed by atoms with Gasteiger partial charge in [-0.2, -0.15) is 0 Å². The summed E-state index contributed by atoms with van der Waals surface area (Å²) in [4.78, 5) is 43.0. The summed E-state index contributed by atoms with van der Waals surface area (Å²) in [5, 5.41) is 2.76. The lowest BCUT2D eigenvalue weighted by Crippen LogP contribution is -2.47. The van der Waals surface area contributed by atoms with Crippen LogP contribution in [0.1, 0.15) is 38.9 Å². The highest BCUT2D eigenvalue weighted by atomic mass is 16.2. The van der Waals surface area contributed by atoms with Crippen molar-refractivity contribution >= 4 is 23.4 Å². The molecule has 27 heavy (non-hydrogen) atoms. The number of carbonyl (C=O) groups is 3. The van der Waals surface area contributed by atoms with E-state index in [9.17, 15) is 14.4 Å². The zero-order valence-corrected chi connectivity index (χ0v) is 15.0. The highest BCUT2D eigenvalue weighted by Crippen LogP contribution is 2.24. The van der Waals surface area contributed by atoms with E-state index in [0.717, 1.165) is 16.1 Å². The Kier molecular flexibility index (Phi) is 3.99.